The van der Waals surface area contributed by atoms with E-state index in [1.54, 1.807) is 24.3 Å². The van der Waals surface area contributed by atoms with Gasteiger partial charge in [0, 0.05) is 11.8 Å². The van der Waals surface area contributed by atoms with Crippen molar-refractivity contribution in [3.63, 3.8) is 0 Å². The number of carbonyl (C=O) groups excluding carboxylic acids is 1. The molecule has 1 unspecified atom stereocenters. The van der Waals surface area contributed by atoms with E-state index in [1.807, 2.05) is 6.07 Å². The second-order valence-electron chi connectivity index (χ2n) is 3.16. The summed E-state index contributed by atoms with van der Waals surface area (Å²) in [6, 6.07) is 8.80. The van der Waals surface area contributed by atoms with Crippen LogP contribution in [0.15, 0.2) is 30.3 Å². The van der Waals surface area contributed by atoms with Crippen LogP contribution in [0.3, 0.4) is 0 Å². The average molecular weight is 273 g/mol. The molecule has 0 aromatic heterocycles. The third-order valence-corrected chi connectivity index (χ3v) is 2.63. The van der Waals surface area contributed by atoms with Crippen LogP contribution >= 0.6 is 15.9 Å². The molecule has 0 aliphatic rings. The van der Waals surface area contributed by atoms with E-state index in [-0.39, 0.29) is 6.42 Å². The lowest BCUT2D eigenvalue weighted by atomic mass is 9.91. The summed E-state index contributed by atoms with van der Waals surface area (Å²) >= 11 is 3.21. The summed E-state index contributed by atoms with van der Waals surface area (Å²) in [4.78, 5) is 11.5. The molecule has 1 N–H and O–H groups in total. The minimum Gasteiger partial charge on any atom is -0.467 e. The standard InChI is InChI=1S/C11H13BrO3/c1-15-10(13)11(14,7-8-12)9-5-3-2-4-6-9/h2-6,14H,7-8H2,1H3. The molecule has 1 atom stereocenters. The van der Waals surface area contributed by atoms with Gasteiger partial charge in [0.1, 0.15) is 0 Å². The molecule has 82 valence electrons. The zero-order chi connectivity index (χ0) is 11.3. The van der Waals surface area contributed by atoms with Crippen LogP contribution < -0.4 is 0 Å². The molecule has 0 saturated carbocycles. The van der Waals surface area contributed by atoms with Crippen molar-refractivity contribution < 1.29 is 14.6 Å². The van der Waals surface area contributed by atoms with Crippen LogP contribution in [0.2, 0.25) is 0 Å². The maximum atomic E-state index is 11.5. The first-order valence-electron chi connectivity index (χ1n) is 4.57. The monoisotopic (exact) mass is 272 g/mol. The molecule has 0 aliphatic carbocycles. The van der Waals surface area contributed by atoms with Gasteiger partial charge < -0.3 is 9.84 Å². The first-order chi connectivity index (χ1) is 7.15. The van der Waals surface area contributed by atoms with Crippen LogP contribution in [-0.4, -0.2) is 23.5 Å². The molecule has 1 aromatic rings. The highest BCUT2D eigenvalue weighted by molar-refractivity contribution is 9.09. The SMILES string of the molecule is COC(=O)C(O)(CCBr)c1ccccc1. The van der Waals surface area contributed by atoms with E-state index in [2.05, 4.69) is 20.7 Å². The smallest absolute Gasteiger partial charge is 0.342 e. The van der Waals surface area contributed by atoms with Crippen LogP contribution in [0.5, 0.6) is 0 Å². The number of hydrogen-bond acceptors (Lipinski definition) is 3. The molecule has 1 aromatic carbocycles. The highest BCUT2D eigenvalue weighted by Gasteiger charge is 2.38. The van der Waals surface area contributed by atoms with Crippen LogP contribution in [-0.2, 0) is 15.1 Å². The zero-order valence-corrected chi connectivity index (χ0v) is 10.0. The number of aliphatic hydroxyl groups is 1. The van der Waals surface area contributed by atoms with Gasteiger partial charge in [-0.05, 0) is 5.56 Å². The Morgan fingerprint density at radius 1 is 1.47 bits per heavy atom. The molecule has 0 bridgehead atoms. The van der Waals surface area contributed by atoms with Gasteiger partial charge in [-0.2, -0.15) is 0 Å². The van der Waals surface area contributed by atoms with Crippen LogP contribution in [0.1, 0.15) is 12.0 Å². The van der Waals surface area contributed by atoms with Crippen molar-refractivity contribution in [2.24, 2.45) is 0 Å². The van der Waals surface area contributed by atoms with Crippen LogP contribution in [0.4, 0.5) is 0 Å². The molecular formula is C11H13BrO3. The highest BCUT2D eigenvalue weighted by atomic mass is 79.9. The van der Waals surface area contributed by atoms with E-state index < -0.39 is 11.6 Å². The molecule has 4 heteroatoms. The third kappa shape index (κ3) is 2.58. The van der Waals surface area contributed by atoms with Gasteiger partial charge in [-0.15, -0.1) is 0 Å². The van der Waals surface area contributed by atoms with Crippen LogP contribution in [0, 0.1) is 0 Å². The maximum Gasteiger partial charge on any atom is 0.342 e. The van der Waals surface area contributed by atoms with Gasteiger partial charge in [-0.1, -0.05) is 46.3 Å². The summed E-state index contributed by atoms with van der Waals surface area (Å²) in [6.45, 7) is 0. The second-order valence-corrected chi connectivity index (χ2v) is 3.95. The normalized spacial score (nSPS) is 14.3. The van der Waals surface area contributed by atoms with Crippen molar-refractivity contribution in [3.05, 3.63) is 35.9 Å². The van der Waals surface area contributed by atoms with Gasteiger partial charge >= 0.3 is 5.97 Å². The molecule has 3 nitrogen and oxygen atoms in total. The summed E-state index contributed by atoms with van der Waals surface area (Å²) in [5.41, 5.74) is -1.00. The van der Waals surface area contributed by atoms with E-state index in [0.29, 0.717) is 10.9 Å². The van der Waals surface area contributed by atoms with Gasteiger partial charge in [-0.25, -0.2) is 4.79 Å². The zero-order valence-electron chi connectivity index (χ0n) is 8.44. The lowest BCUT2D eigenvalue weighted by molar-refractivity contribution is -0.163. The van der Waals surface area contributed by atoms with Crippen molar-refractivity contribution in [3.8, 4) is 0 Å². The Morgan fingerprint density at radius 2 is 2.07 bits per heavy atom. The fourth-order valence-corrected chi connectivity index (χ4v) is 1.96. The van der Waals surface area contributed by atoms with Crippen LogP contribution in [0.25, 0.3) is 0 Å². The number of hydrogen-bond donors (Lipinski definition) is 1. The fraction of sp³-hybridized carbons (Fsp3) is 0.364. The first kappa shape index (κ1) is 12.2. The Hall–Kier alpha value is -0.870. The molecule has 0 saturated heterocycles. The van der Waals surface area contributed by atoms with E-state index in [0.717, 1.165) is 0 Å². The number of methoxy groups -OCH3 is 1. The number of esters is 1. The minimum atomic E-state index is -1.56. The summed E-state index contributed by atoms with van der Waals surface area (Å²) in [5, 5.41) is 10.8. The van der Waals surface area contributed by atoms with E-state index >= 15 is 0 Å². The molecule has 0 amide bonds. The van der Waals surface area contributed by atoms with Gasteiger partial charge in [0.25, 0.3) is 0 Å². The van der Waals surface area contributed by atoms with Crippen molar-refractivity contribution in [2.75, 3.05) is 12.4 Å². The minimum absolute atomic E-state index is 0.281. The maximum absolute atomic E-state index is 11.5. The molecule has 0 fully saturated rings. The number of carbonyl (C=O) groups is 1. The number of rotatable bonds is 4. The third-order valence-electron chi connectivity index (χ3n) is 2.23. The fourth-order valence-electron chi connectivity index (χ4n) is 1.38. The molecule has 0 spiro atoms. The Bertz CT molecular complexity index is 326. The summed E-state index contributed by atoms with van der Waals surface area (Å²) in [6.07, 6.45) is 0.281. The number of benzene rings is 1. The van der Waals surface area contributed by atoms with Crippen molar-refractivity contribution in [1.82, 2.24) is 0 Å². The number of ether oxygens (including phenoxy) is 1. The van der Waals surface area contributed by atoms with Gasteiger partial charge in [-0.3, -0.25) is 0 Å². The Balaban J connectivity index is 3.06. The quantitative estimate of drug-likeness (QED) is 0.672. The number of halogens is 1. The van der Waals surface area contributed by atoms with Gasteiger partial charge in [0.2, 0.25) is 0 Å². The lowest BCUT2D eigenvalue weighted by Crippen LogP contribution is -2.37. The van der Waals surface area contributed by atoms with Crippen molar-refractivity contribution in [2.45, 2.75) is 12.0 Å². The second kappa shape index (κ2) is 5.28. The predicted molar refractivity (Wildman–Crippen MR) is 60.8 cm³/mol. The largest absolute Gasteiger partial charge is 0.467 e. The molecule has 0 heterocycles. The molecule has 0 radical (unpaired) electrons. The summed E-state index contributed by atoms with van der Waals surface area (Å²) < 4.78 is 4.61. The Morgan fingerprint density at radius 3 is 2.53 bits per heavy atom. The first-order valence-corrected chi connectivity index (χ1v) is 5.69. The van der Waals surface area contributed by atoms with E-state index in [1.165, 1.54) is 7.11 Å². The average Bonchev–Trinajstić information content (AvgIpc) is 2.29. The van der Waals surface area contributed by atoms with Gasteiger partial charge in [0.05, 0.1) is 7.11 Å². The van der Waals surface area contributed by atoms with Crippen molar-refractivity contribution >= 4 is 21.9 Å². The molecular weight excluding hydrogens is 260 g/mol. The van der Waals surface area contributed by atoms with E-state index in [9.17, 15) is 9.90 Å². The molecule has 0 aliphatic heterocycles. The number of alkyl halides is 1. The van der Waals surface area contributed by atoms with Crippen molar-refractivity contribution in [1.29, 1.82) is 0 Å². The lowest BCUT2D eigenvalue weighted by Gasteiger charge is -2.24. The summed E-state index contributed by atoms with van der Waals surface area (Å²) in [5.74, 6) is -0.631. The molecule has 15 heavy (non-hydrogen) atoms. The molecule has 1 rings (SSSR count). The Kier molecular flexibility index (Phi) is 4.29. The van der Waals surface area contributed by atoms with E-state index in [4.69, 9.17) is 0 Å². The Labute approximate surface area is 97.2 Å². The van der Waals surface area contributed by atoms with Gasteiger partial charge in [0.15, 0.2) is 5.60 Å². The summed E-state index contributed by atoms with van der Waals surface area (Å²) in [7, 11) is 1.27. The predicted octanol–water partition coefficient (Wildman–Crippen LogP) is 1.83. The topological polar surface area (TPSA) is 46.5 Å². The highest BCUT2D eigenvalue weighted by Crippen LogP contribution is 2.27.